The summed E-state index contributed by atoms with van der Waals surface area (Å²) in [5.41, 5.74) is 8.22. The molecule has 2 rings (SSSR count). The molecular formula is C13H23N5O. The standard InChI is InChI=1S/C13H23N5O/c1-9-7-16(4)5-6-17(9)12(19)8-18-11(3)13(14)10(2)15-18/h9H,5-8,14H2,1-4H3. The number of nitrogen functional groups attached to an aromatic ring is 1. The summed E-state index contributed by atoms with van der Waals surface area (Å²) in [6.07, 6.45) is 0. The molecule has 0 aromatic carbocycles. The Kier molecular flexibility index (Phi) is 3.80. The van der Waals surface area contributed by atoms with E-state index in [1.807, 2.05) is 18.7 Å². The Morgan fingerprint density at radius 1 is 1.42 bits per heavy atom. The van der Waals surface area contributed by atoms with Gasteiger partial charge < -0.3 is 15.5 Å². The van der Waals surface area contributed by atoms with Gasteiger partial charge in [-0.15, -0.1) is 0 Å². The minimum absolute atomic E-state index is 0.117. The molecule has 0 aliphatic carbocycles. The van der Waals surface area contributed by atoms with E-state index in [0.717, 1.165) is 31.0 Å². The summed E-state index contributed by atoms with van der Waals surface area (Å²) in [6, 6.07) is 0.251. The van der Waals surface area contributed by atoms with E-state index in [1.165, 1.54) is 0 Å². The lowest BCUT2D eigenvalue weighted by Crippen LogP contribution is -2.53. The van der Waals surface area contributed by atoms with E-state index in [0.29, 0.717) is 5.69 Å². The highest BCUT2D eigenvalue weighted by Crippen LogP contribution is 2.16. The van der Waals surface area contributed by atoms with Crippen LogP contribution in [0.25, 0.3) is 0 Å². The number of hydrogen-bond acceptors (Lipinski definition) is 4. The second-order valence-electron chi connectivity index (χ2n) is 5.44. The lowest BCUT2D eigenvalue weighted by molar-refractivity contribution is -0.136. The van der Waals surface area contributed by atoms with E-state index in [9.17, 15) is 4.79 Å². The van der Waals surface area contributed by atoms with Gasteiger partial charge in [-0.25, -0.2) is 0 Å². The molecule has 2 N–H and O–H groups in total. The van der Waals surface area contributed by atoms with Crippen molar-refractivity contribution >= 4 is 11.6 Å². The fraction of sp³-hybridized carbons (Fsp3) is 0.692. The third-order valence-electron chi connectivity index (χ3n) is 3.87. The average molecular weight is 265 g/mol. The minimum Gasteiger partial charge on any atom is -0.396 e. The van der Waals surface area contributed by atoms with Gasteiger partial charge in [0.1, 0.15) is 6.54 Å². The number of carbonyl (C=O) groups excluding carboxylic acids is 1. The first kappa shape index (κ1) is 13.9. The number of amides is 1. The van der Waals surface area contributed by atoms with Crippen molar-refractivity contribution in [3.8, 4) is 0 Å². The van der Waals surface area contributed by atoms with Crippen LogP contribution in [0.4, 0.5) is 5.69 Å². The predicted molar refractivity (Wildman–Crippen MR) is 74.8 cm³/mol. The molecular weight excluding hydrogens is 242 g/mol. The summed E-state index contributed by atoms with van der Waals surface area (Å²) in [4.78, 5) is 16.5. The monoisotopic (exact) mass is 265 g/mol. The molecule has 106 valence electrons. The first-order valence-electron chi connectivity index (χ1n) is 6.67. The summed E-state index contributed by atoms with van der Waals surface area (Å²) in [5, 5.41) is 4.32. The normalized spacial score (nSPS) is 20.8. The van der Waals surface area contributed by atoms with Gasteiger partial charge in [0.25, 0.3) is 0 Å². The van der Waals surface area contributed by atoms with Crippen molar-refractivity contribution in [3.63, 3.8) is 0 Å². The summed E-state index contributed by atoms with van der Waals surface area (Å²) < 4.78 is 1.71. The molecule has 1 atom stereocenters. The van der Waals surface area contributed by atoms with Gasteiger partial charge in [0.2, 0.25) is 5.91 Å². The lowest BCUT2D eigenvalue weighted by Gasteiger charge is -2.38. The molecule has 1 fully saturated rings. The van der Waals surface area contributed by atoms with Crippen molar-refractivity contribution in [3.05, 3.63) is 11.4 Å². The van der Waals surface area contributed by atoms with E-state index in [4.69, 9.17) is 5.73 Å². The molecule has 1 aromatic rings. The summed E-state index contributed by atoms with van der Waals surface area (Å²) in [5.74, 6) is 0.117. The molecule has 1 aliphatic heterocycles. The number of carbonyl (C=O) groups is 1. The van der Waals surface area contributed by atoms with Gasteiger partial charge in [0.05, 0.1) is 17.1 Å². The van der Waals surface area contributed by atoms with Crippen molar-refractivity contribution in [1.29, 1.82) is 0 Å². The van der Waals surface area contributed by atoms with Crippen LogP contribution in [-0.2, 0) is 11.3 Å². The Hall–Kier alpha value is -1.56. The number of nitrogens with zero attached hydrogens (tertiary/aromatic N) is 4. The first-order valence-corrected chi connectivity index (χ1v) is 6.67. The second-order valence-corrected chi connectivity index (χ2v) is 5.44. The maximum absolute atomic E-state index is 12.4. The molecule has 0 saturated carbocycles. The first-order chi connectivity index (χ1) is 8.90. The topological polar surface area (TPSA) is 67.4 Å². The quantitative estimate of drug-likeness (QED) is 0.832. The van der Waals surface area contributed by atoms with Gasteiger partial charge in [0.15, 0.2) is 0 Å². The van der Waals surface area contributed by atoms with Crippen LogP contribution in [-0.4, -0.2) is 58.2 Å². The zero-order valence-corrected chi connectivity index (χ0v) is 12.2. The molecule has 0 bridgehead atoms. The molecule has 1 aromatic heterocycles. The van der Waals surface area contributed by atoms with E-state index >= 15 is 0 Å². The van der Waals surface area contributed by atoms with Crippen molar-refractivity contribution in [2.75, 3.05) is 32.4 Å². The number of anilines is 1. The molecule has 6 heteroatoms. The number of hydrogen-bond donors (Lipinski definition) is 1. The van der Waals surface area contributed by atoms with Crippen molar-refractivity contribution < 1.29 is 4.79 Å². The Balaban J connectivity index is 2.06. The fourth-order valence-corrected chi connectivity index (χ4v) is 2.59. The van der Waals surface area contributed by atoms with Gasteiger partial charge >= 0.3 is 0 Å². The molecule has 1 saturated heterocycles. The van der Waals surface area contributed by atoms with Crippen LogP contribution in [0.15, 0.2) is 0 Å². The van der Waals surface area contributed by atoms with Gasteiger partial charge in [-0.3, -0.25) is 9.48 Å². The van der Waals surface area contributed by atoms with Crippen LogP contribution in [0.3, 0.4) is 0 Å². The Bertz CT molecular complexity index is 482. The number of piperazine rings is 1. The fourth-order valence-electron chi connectivity index (χ4n) is 2.59. The third kappa shape index (κ3) is 2.73. The second kappa shape index (κ2) is 5.21. The zero-order chi connectivity index (χ0) is 14.2. The Morgan fingerprint density at radius 2 is 2.11 bits per heavy atom. The van der Waals surface area contributed by atoms with Crippen LogP contribution < -0.4 is 5.73 Å². The lowest BCUT2D eigenvalue weighted by atomic mass is 10.2. The maximum Gasteiger partial charge on any atom is 0.244 e. The van der Waals surface area contributed by atoms with Crippen molar-refractivity contribution in [2.45, 2.75) is 33.4 Å². The highest BCUT2D eigenvalue weighted by atomic mass is 16.2. The van der Waals surface area contributed by atoms with Crippen molar-refractivity contribution in [1.82, 2.24) is 19.6 Å². The number of likely N-dealkylation sites (N-methyl/N-ethyl adjacent to an activating group) is 1. The molecule has 1 unspecified atom stereocenters. The smallest absolute Gasteiger partial charge is 0.244 e. The molecule has 0 spiro atoms. The maximum atomic E-state index is 12.4. The van der Waals surface area contributed by atoms with Crippen LogP contribution in [0.5, 0.6) is 0 Å². The number of rotatable bonds is 2. The molecule has 1 amide bonds. The van der Waals surface area contributed by atoms with E-state index in [1.54, 1.807) is 4.68 Å². The molecule has 0 radical (unpaired) electrons. The Labute approximate surface area is 114 Å². The van der Waals surface area contributed by atoms with Crippen LogP contribution >= 0.6 is 0 Å². The van der Waals surface area contributed by atoms with Gasteiger partial charge in [0, 0.05) is 25.7 Å². The van der Waals surface area contributed by atoms with Gasteiger partial charge in [-0.2, -0.15) is 5.10 Å². The largest absolute Gasteiger partial charge is 0.396 e. The summed E-state index contributed by atoms with van der Waals surface area (Å²) >= 11 is 0. The third-order valence-corrected chi connectivity index (χ3v) is 3.87. The molecule has 1 aliphatic rings. The van der Waals surface area contributed by atoms with Crippen LogP contribution in [0, 0.1) is 13.8 Å². The summed E-state index contributed by atoms with van der Waals surface area (Å²) in [7, 11) is 2.08. The zero-order valence-electron chi connectivity index (χ0n) is 12.2. The number of nitrogens with two attached hydrogens (primary N) is 1. The molecule has 2 heterocycles. The minimum atomic E-state index is 0.117. The predicted octanol–water partition coefficient (Wildman–Crippen LogP) is 0.245. The van der Waals surface area contributed by atoms with Gasteiger partial charge in [-0.1, -0.05) is 0 Å². The highest BCUT2D eigenvalue weighted by Gasteiger charge is 2.26. The molecule has 6 nitrogen and oxygen atoms in total. The van der Waals surface area contributed by atoms with E-state index < -0.39 is 0 Å². The van der Waals surface area contributed by atoms with E-state index in [2.05, 4.69) is 24.0 Å². The molecule has 19 heavy (non-hydrogen) atoms. The van der Waals surface area contributed by atoms with E-state index in [-0.39, 0.29) is 18.5 Å². The number of aromatic nitrogens is 2. The van der Waals surface area contributed by atoms with Crippen LogP contribution in [0.1, 0.15) is 18.3 Å². The van der Waals surface area contributed by atoms with Crippen molar-refractivity contribution in [2.24, 2.45) is 0 Å². The highest BCUT2D eigenvalue weighted by molar-refractivity contribution is 5.76. The number of aryl methyl sites for hydroxylation is 1. The Morgan fingerprint density at radius 3 is 2.63 bits per heavy atom. The average Bonchev–Trinajstić information content (AvgIpc) is 2.57. The summed E-state index contributed by atoms with van der Waals surface area (Å²) in [6.45, 7) is 8.75. The SMILES string of the molecule is Cc1nn(CC(=O)N2CCN(C)CC2C)c(C)c1N. The van der Waals surface area contributed by atoms with Crippen LogP contribution in [0.2, 0.25) is 0 Å². The van der Waals surface area contributed by atoms with Gasteiger partial charge in [-0.05, 0) is 27.8 Å².